The van der Waals surface area contributed by atoms with Gasteiger partial charge in [0.15, 0.2) is 0 Å². The van der Waals surface area contributed by atoms with Gasteiger partial charge < -0.3 is 14.4 Å². The summed E-state index contributed by atoms with van der Waals surface area (Å²) >= 11 is 9.49. The highest BCUT2D eigenvalue weighted by Gasteiger charge is 2.18. The minimum Gasteiger partial charge on any atom is -0.506 e. The number of rotatable bonds is 3. The first kappa shape index (κ1) is 17.0. The number of hydrogen-bond acceptors (Lipinski definition) is 4. The molecule has 0 radical (unpaired) electrons. The normalized spacial score (nSPS) is 11.4. The summed E-state index contributed by atoms with van der Waals surface area (Å²) in [5, 5.41) is 10.7. The van der Waals surface area contributed by atoms with Crippen molar-refractivity contribution in [2.24, 2.45) is 0 Å². The van der Waals surface area contributed by atoms with Crippen LogP contribution in [-0.4, -0.2) is 24.1 Å². The first-order valence-corrected chi connectivity index (χ1v) is 8.42. The molecular weight excluding hydrogens is 394 g/mol. The van der Waals surface area contributed by atoms with E-state index in [1.165, 1.54) is 12.3 Å². The molecule has 0 bridgehead atoms. The van der Waals surface area contributed by atoms with E-state index in [1.807, 2.05) is 43.3 Å². The number of nitrogens with zero attached hydrogens (tertiary/aromatic N) is 1. The van der Waals surface area contributed by atoms with Crippen molar-refractivity contribution in [3.63, 3.8) is 0 Å². The molecule has 0 aliphatic rings. The molecule has 0 unspecified atom stereocenters. The molecule has 124 valence electrons. The van der Waals surface area contributed by atoms with Crippen LogP contribution in [0.15, 0.2) is 50.3 Å². The summed E-state index contributed by atoms with van der Waals surface area (Å²) in [6, 6.07) is 8.86. The molecular formula is C18H15BrClNO3. The van der Waals surface area contributed by atoms with Gasteiger partial charge in [0.1, 0.15) is 17.6 Å². The average molecular weight is 409 g/mol. The van der Waals surface area contributed by atoms with Gasteiger partial charge in [-0.1, -0.05) is 39.7 Å². The molecule has 0 atom stereocenters. The Balaban J connectivity index is 2.28. The van der Waals surface area contributed by atoms with Crippen LogP contribution in [-0.2, 0) is 6.54 Å². The Morgan fingerprint density at radius 2 is 1.92 bits per heavy atom. The Morgan fingerprint density at radius 3 is 2.54 bits per heavy atom. The van der Waals surface area contributed by atoms with Gasteiger partial charge in [-0.05, 0) is 37.9 Å². The van der Waals surface area contributed by atoms with E-state index in [0.717, 1.165) is 10.0 Å². The van der Waals surface area contributed by atoms with Crippen LogP contribution in [0.5, 0.6) is 5.75 Å². The second-order valence-electron chi connectivity index (χ2n) is 5.79. The molecule has 1 aromatic heterocycles. The summed E-state index contributed by atoms with van der Waals surface area (Å²) in [5.74, 6) is -0.0580. The molecule has 2 aromatic carbocycles. The zero-order chi connectivity index (χ0) is 17.4. The smallest absolute Gasteiger partial charge is 0.200 e. The molecule has 0 spiro atoms. The monoisotopic (exact) mass is 407 g/mol. The van der Waals surface area contributed by atoms with Crippen molar-refractivity contribution in [2.75, 3.05) is 14.1 Å². The highest BCUT2D eigenvalue weighted by Crippen LogP contribution is 2.35. The van der Waals surface area contributed by atoms with Gasteiger partial charge in [-0.15, -0.1) is 0 Å². The van der Waals surface area contributed by atoms with E-state index in [-0.39, 0.29) is 16.2 Å². The van der Waals surface area contributed by atoms with E-state index in [4.69, 9.17) is 16.0 Å². The van der Waals surface area contributed by atoms with Crippen LogP contribution in [0.2, 0.25) is 5.02 Å². The van der Waals surface area contributed by atoms with Crippen LogP contribution in [0.1, 0.15) is 5.56 Å². The minimum atomic E-state index is -0.180. The molecule has 0 amide bonds. The van der Waals surface area contributed by atoms with Crippen molar-refractivity contribution in [3.05, 3.63) is 61.9 Å². The van der Waals surface area contributed by atoms with Crippen LogP contribution < -0.4 is 5.43 Å². The standard InChI is InChI=1S/C18H15BrClNO3/c1-21(2)8-13-17(23)15(20)7-12-16(22)14(9-24-18(12)13)10-3-5-11(19)6-4-10/h3-7,9,23H,8H2,1-2H3. The average Bonchev–Trinajstić information content (AvgIpc) is 2.54. The van der Waals surface area contributed by atoms with Gasteiger partial charge >= 0.3 is 0 Å². The summed E-state index contributed by atoms with van der Waals surface area (Å²) in [6.07, 6.45) is 1.43. The Morgan fingerprint density at radius 1 is 1.25 bits per heavy atom. The second-order valence-corrected chi connectivity index (χ2v) is 7.11. The van der Waals surface area contributed by atoms with Gasteiger partial charge in [0.2, 0.25) is 5.43 Å². The molecule has 0 saturated carbocycles. The molecule has 3 aromatic rings. The molecule has 0 aliphatic carbocycles. The quantitative estimate of drug-likeness (QED) is 0.686. The Kier molecular flexibility index (Phi) is 4.67. The third-order valence-electron chi connectivity index (χ3n) is 3.72. The first-order chi connectivity index (χ1) is 11.4. The number of phenolic OH excluding ortho intramolecular Hbond substituents is 1. The van der Waals surface area contributed by atoms with Crippen LogP contribution >= 0.6 is 27.5 Å². The van der Waals surface area contributed by atoms with E-state index in [0.29, 0.717) is 28.6 Å². The highest BCUT2D eigenvalue weighted by molar-refractivity contribution is 9.10. The zero-order valence-electron chi connectivity index (χ0n) is 13.1. The van der Waals surface area contributed by atoms with Gasteiger partial charge in [-0.3, -0.25) is 4.79 Å². The third kappa shape index (κ3) is 3.07. The summed E-state index contributed by atoms with van der Waals surface area (Å²) in [6.45, 7) is 0.406. The highest BCUT2D eigenvalue weighted by atomic mass is 79.9. The summed E-state index contributed by atoms with van der Waals surface area (Å²) in [4.78, 5) is 14.8. The Bertz CT molecular complexity index is 965. The molecule has 1 heterocycles. The fourth-order valence-electron chi connectivity index (χ4n) is 2.59. The Labute approximate surface area is 152 Å². The number of fused-ring (bicyclic) bond motifs is 1. The Hall–Kier alpha value is -1.82. The maximum absolute atomic E-state index is 12.9. The van der Waals surface area contributed by atoms with Crippen molar-refractivity contribution >= 4 is 38.5 Å². The van der Waals surface area contributed by atoms with Crippen molar-refractivity contribution < 1.29 is 9.52 Å². The van der Waals surface area contributed by atoms with Gasteiger partial charge in [0, 0.05) is 11.0 Å². The summed E-state index contributed by atoms with van der Waals surface area (Å²) in [5.41, 5.74) is 1.89. The van der Waals surface area contributed by atoms with Gasteiger partial charge in [0.25, 0.3) is 0 Å². The van der Waals surface area contributed by atoms with E-state index < -0.39 is 0 Å². The van der Waals surface area contributed by atoms with Crippen LogP contribution in [0.25, 0.3) is 22.1 Å². The number of halogens is 2. The maximum atomic E-state index is 12.9. The van der Waals surface area contributed by atoms with E-state index in [9.17, 15) is 9.90 Å². The van der Waals surface area contributed by atoms with Crippen molar-refractivity contribution in [1.82, 2.24) is 4.90 Å². The van der Waals surface area contributed by atoms with E-state index in [1.54, 1.807) is 0 Å². The lowest BCUT2D eigenvalue weighted by atomic mass is 10.0. The molecule has 0 aliphatic heterocycles. The zero-order valence-corrected chi connectivity index (χ0v) is 15.5. The molecule has 0 saturated heterocycles. The number of benzene rings is 2. The van der Waals surface area contributed by atoms with Gasteiger partial charge in [-0.2, -0.15) is 0 Å². The van der Waals surface area contributed by atoms with Crippen molar-refractivity contribution in [1.29, 1.82) is 0 Å². The number of hydrogen-bond donors (Lipinski definition) is 1. The van der Waals surface area contributed by atoms with Crippen molar-refractivity contribution in [2.45, 2.75) is 6.54 Å². The molecule has 3 rings (SSSR count). The lowest BCUT2D eigenvalue weighted by Crippen LogP contribution is -2.13. The fourth-order valence-corrected chi connectivity index (χ4v) is 3.07. The van der Waals surface area contributed by atoms with E-state index in [2.05, 4.69) is 15.9 Å². The molecule has 1 N–H and O–H groups in total. The summed E-state index contributed by atoms with van der Waals surface area (Å²) < 4.78 is 6.65. The topological polar surface area (TPSA) is 53.7 Å². The minimum absolute atomic E-state index is 0.0580. The first-order valence-electron chi connectivity index (χ1n) is 7.25. The maximum Gasteiger partial charge on any atom is 0.200 e. The summed E-state index contributed by atoms with van der Waals surface area (Å²) in [7, 11) is 3.72. The lowest BCUT2D eigenvalue weighted by molar-refractivity contribution is 0.384. The SMILES string of the molecule is CN(C)Cc1c(O)c(Cl)cc2c(=O)c(-c3ccc(Br)cc3)coc12. The predicted octanol–water partition coefficient (Wildman–Crippen LogP) is 4.64. The molecule has 24 heavy (non-hydrogen) atoms. The number of phenols is 1. The van der Waals surface area contributed by atoms with Crippen LogP contribution in [0, 0.1) is 0 Å². The fraction of sp³-hybridized carbons (Fsp3) is 0.167. The lowest BCUT2D eigenvalue weighted by Gasteiger charge is -2.14. The predicted molar refractivity (Wildman–Crippen MR) is 99.7 cm³/mol. The second kappa shape index (κ2) is 6.59. The third-order valence-corrected chi connectivity index (χ3v) is 4.53. The van der Waals surface area contributed by atoms with Crippen LogP contribution in [0.4, 0.5) is 0 Å². The number of aromatic hydroxyl groups is 1. The van der Waals surface area contributed by atoms with Gasteiger partial charge in [0.05, 0.1) is 21.5 Å². The van der Waals surface area contributed by atoms with Crippen LogP contribution in [0.3, 0.4) is 0 Å². The van der Waals surface area contributed by atoms with Crippen molar-refractivity contribution in [3.8, 4) is 16.9 Å². The molecule has 6 heteroatoms. The van der Waals surface area contributed by atoms with Gasteiger partial charge in [-0.25, -0.2) is 0 Å². The van der Waals surface area contributed by atoms with E-state index >= 15 is 0 Å². The molecule has 0 fully saturated rings. The molecule has 4 nitrogen and oxygen atoms in total. The largest absolute Gasteiger partial charge is 0.506 e.